The maximum atomic E-state index is 9.85. The van der Waals surface area contributed by atoms with Gasteiger partial charge in [0.2, 0.25) is 0 Å². The molecule has 0 amide bonds. The SMILES string of the molecule is O=Cc1cc[nH]c1.c1ccc2[nH]ccc2c1. The number of para-hydroxylation sites is 1. The van der Waals surface area contributed by atoms with Gasteiger partial charge in [-0.05, 0) is 23.6 Å². The summed E-state index contributed by atoms with van der Waals surface area (Å²) in [6, 6.07) is 12.0. The summed E-state index contributed by atoms with van der Waals surface area (Å²) in [5.74, 6) is 0. The van der Waals surface area contributed by atoms with Crippen LogP contribution < -0.4 is 0 Å². The number of aromatic amines is 2. The van der Waals surface area contributed by atoms with Crippen molar-refractivity contribution < 1.29 is 4.79 Å². The second kappa shape index (κ2) is 4.98. The first-order valence-electron chi connectivity index (χ1n) is 5.00. The Bertz CT molecular complexity index is 522. The summed E-state index contributed by atoms with van der Waals surface area (Å²) in [6.07, 6.45) is 6.11. The number of H-pyrrole nitrogens is 2. The van der Waals surface area contributed by atoms with Gasteiger partial charge in [0.25, 0.3) is 0 Å². The number of rotatable bonds is 1. The number of aromatic nitrogens is 2. The number of hydrogen-bond donors (Lipinski definition) is 2. The van der Waals surface area contributed by atoms with E-state index in [4.69, 9.17) is 0 Å². The molecule has 0 radical (unpaired) electrons. The Balaban J connectivity index is 0.000000125. The summed E-state index contributed by atoms with van der Waals surface area (Å²) in [5.41, 5.74) is 1.90. The lowest BCUT2D eigenvalue weighted by molar-refractivity contribution is 0.112. The largest absolute Gasteiger partial charge is 0.367 e. The molecule has 0 bridgehead atoms. The zero-order valence-electron chi connectivity index (χ0n) is 8.68. The van der Waals surface area contributed by atoms with E-state index in [2.05, 4.69) is 28.2 Å². The van der Waals surface area contributed by atoms with E-state index < -0.39 is 0 Å². The zero-order chi connectivity index (χ0) is 11.2. The van der Waals surface area contributed by atoms with Crippen LogP contribution in [0.4, 0.5) is 0 Å². The van der Waals surface area contributed by atoms with Crippen LogP contribution in [0.3, 0.4) is 0 Å². The van der Waals surface area contributed by atoms with E-state index in [0.29, 0.717) is 5.56 Å². The van der Waals surface area contributed by atoms with Gasteiger partial charge in [-0.1, -0.05) is 18.2 Å². The molecule has 0 spiro atoms. The molecule has 0 atom stereocenters. The van der Waals surface area contributed by atoms with Gasteiger partial charge < -0.3 is 9.97 Å². The smallest absolute Gasteiger partial charge is 0.151 e. The molecule has 3 aromatic rings. The van der Waals surface area contributed by atoms with Crippen molar-refractivity contribution >= 4 is 17.2 Å². The van der Waals surface area contributed by atoms with Crippen molar-refractivity contribution in [2.45, 2.75) is 0 Å². The molecule has 0 aliphatic carbocycles. The van der Waals surface area contributed by atoms with Gasteiger partial charge >= 0.3 is 0 Å². The Labute approximate surface area is 93.1 Å². The minimum Gasteiger partial charge on any atom is -0.367 e. The number of fused-ring (bicyclic) bond motifs is 1. The van der Waals surface area contributed by atoms with Gasteiger partial charge in [-0.25, -0.2) is 0 Å². The Morgan fingerprint density at radius 1 is 1.00 bits per heavy atom. The van der Waals surface area contributed by atoms with Gasteiger partial charge in [-0.15, -0.1) is 0 Å². The third-order valence-corrected chi connectivity index (χ3v) is 2.22. The summed E-state index contributed by atoms with van der Waals surface area (Å²) >= 11 is 0. The van der Waals surface area contributed by atoms with Crippen LogP contribution in [-0.4, -0.2) is 16.3 Å². The minimum atomic E-state index is 0.694. The van der Waals surface area contributed by atoms with E-state index in [0.717, 1.165) is 6.29 Å². The minimum absolute atomic E-state index is 0.694. The second-order valence-corrected chi connectivity index (χ2v) is 3.33. The van der Waals surface area contributed by atoms with Crippen LogP contribution in [0.5, 0.6) is 0 Å². The third-order valence-electron chi connectivity index (χ3n) is 2.22. The van der Waals surface area contributed by atoms with Crippen molar-refractivity contribution in [3.8, 4) is 0 Å². The van der Waals surface area contributed by atoms with Gasteiger partial charge in [0.05, 0.1) is 0 Å². The van der Waals surface area contributed by atoms with E-state index in [-0.39, 0.29) is 0 Å². The van der Waals surface area contributed by atoms with E-state index in [1.54, 1.807) is 18.5 Å². The lowest BCUT2D eigenvalue weighted by Crippen LogP contribution is -1.66. The van der Waals surface area contributed by atoms with Gasteiger partial charge in [-0.2, -0.15) is 0 Å². The van der Waals surface area contributed by atoms with Gasteiger partial charge in [0.15, 0.2) is 6.29 Å². The Kier molecular flexibility index (Phi) is 3.18. The molecule has 0 aliphatic rings. The van der Waals surface area contributed by atoms with E-state index in [9.17, 15) is 4.79 Å². The fourth-order valence-corrected chi connectivity index (χ4v) is 1.41. The predicted molar refractivity (Wildman–Crippen MR) is 64.5 cm³/mol. The Morgan fingerprint density at radius 3 is 2.50 bits per heavy atom. The van der Waals surface area contributed by atoms with Crippen LogP contribution >= 0.6 is 0 Å². The Hall–Kier alpha value is -2.29. The predicted octanol–water partition coefficient (Wildman–Crippen LogP) is 3.00. The van der Waals surface area contributed by atoms with Crippen molar-refractivity contribution in [3.05, 3.63) is 60.6 Å². The van der Waals surface area contributed by atoms with Crippen LogP contribution in [0.2, 0.25) is 0 Å². The molecule has 0 fully saturated rings. The molecular weight excluding hydrogens is 200 g/mol. The highest BCUT2D eigenvalue weighted by Crippen LogP contribution is 2.09. The molecule has 2 aromatic heterocycles. The lowest BCUT2D eigenvalue weighted by Gasteiger charge is -1.83. The van der Waals surface area contributed by atoms with E-state index in [1.165, 1.54) is 10.9 Å². The molecule has 0 saturated heterocycles. The lowest BCUT2D eigenvalue weighted by atomic mass is 10.3. The summed E-state index contributed by atoms with van der Waals surface area (Å²) < 4.78 is 0. The van der Waals surface area contributed by atoms with Crippen LogP contribution in [0.25, 0.3) is 10.9 Å². The van der Waals surface area contributed by atoms with Crippen molar-refractivity contribution in [1.29, 1.82) is 0 Å². The van der Waals surface area contributed by atoms with Crippen LogP contribution in [0.15, 0.2) is 55.0 Å². The number of carbonyl (C=O) groups is 1. The molecule has 2 heterocycles. The summed E-state index contributed by atoms with van der Waals surface area (Å²) in [4.78, 5) is 15.7. The summed E-state index contributed by atoms with van der Waals surface area (Å²) in [6.45, 7) is 0. The molecule has 1 aromatic carbocycles. The standard InChI is InChI=1S/C8H7N.C5H5NO/c1-2-4-8-7(3-1)5-6-9-8;7-4-5-1-2-6-3-5/h1-6,9H;1-4,6H. The number of carbonyl (C=O) groups excluding carboxylic acids is 1. The third kappa shape index (κ3) is 2.39. The molecule has 2 N–H and O–H groups in total. The second-order valence-electron chi connectivity index (χ2n) is 3.33. The van der Waals surface area contributed by atoms with Crippen molar-refractivity contribution in [2.75, 3.05) is 0 Å². The van der Waals surface area contributed by atoms with Crippen LogP contribution in [0, 0.1) is 0 Å². The fraction of sp³-hybridized carbons (Fsp3) is 0. The highest BCUT2D eigenvalue weighted by Gasteiger charge is 1.86. The van der Waals surface area contributed by atoms with E-state index in [1.807, 2.05) is 18.3 Å². The molecule has 0 aliphatic heterocycles. The quantitative estimate of drug-likeness (QED) is 0.598. The maximum absolute atomic E-state index is 9.85. The number of benzene rings is 1. The normalized spacial score (nSPS) is 9.50. The van der Waals surface area contributed by atoms with Crippen molar-refractivity contribution in [3.63, 3.8) is 0 Å². The fourth-order valence-electron chi connectivity index (χ4n) is 1.41. The number of hydrogen-bond acceptors (Lipinski definition) is 1. The van der Waals surface area contributed by atoms with Gasteiger partial charge in [0.1, 0.15) is 0 Å². The molecule has 3 heteroatoms. The van der Waals surface area contributed by atoms with Crippen molar-refractivity contribution in [2.24, 2.45) is 0 Å². The molecule has 0 saturated carbocycles. The topological polar surface area (TPSA) is 48.6 Å². The number of aldehydes is 1. The first-order valence-corrected chi connectivity index (χ1v) is 5.00. The zero-order valence-corrected chi connectivity index (χ0v) is 8.68. The molecular formula is C13H12N2O. The first-order chi connectivity index (χ1) is 7.90. The Morgan fingerprint density at radius 2 is 1.88 bits per heavy atom. The molecule has 0 unspecified atom stereocenters. The molecule has 80 valence electrons. The monoisotopic (exact) mass is 212 g/mol. The summed E-state index contributed by atoms with van der Waals surface area (Å²) in [5, 5.41) is 1.28. The average Bonchev–Trinajstić information content (AvgIpc) is 3.01. The molecule has 3 rings (SSSR count). The highest BCUT2D eigenvalue weighted by molar-refractivity contribution is 5.78. The maximum Gasteiger partial charge on any atom is 0.151 e. The number of nitrogens with one attached hydrogen (secondary N) is 2. The van der Waals surface area contributed by atoms with Crippen LogP contribution in [0.1, 0.15) is 10.4 Å². The average molecular weight is 212 g/mol. The summed E-state index contributed by atoms with van der Waals surface area (Å²) in [7, 11) is 0. The van der Waals surface area contributed by atoms with Crippen molar-refractivity contribution in [1.82, 2.24) is 9.97 Å². The van der Waals surface area contributed by atoms with Gasteiger partial charge in [0, 0.05) is 29.7 Å². The van der Waals surface area contributed by atoms with Crippen LogP contribution in [-0.2, 0) is 0 Å². The molecule has 3 nitrogen and oxygen atoms in total. The molecule has 16 heavy (non-hydrogen) atoms. The van der Waals surface area contributed by atoms with E-state index >= 15 is 0 Å². The van der Waals surface area contributed by atoms with Gasteiger partial charge in [-0.3, -0.25) is 4.79 Å². The highest BCUT2D eigenvalue weighted by atomic mass is 16.1. The first kappa shape index (κ1) is 10.2.